The molecule has 7 heteroatoms. The highest BCUT2D eigenvalue weighted by atomic mass is 16.2. The van der Waals surface area contributed by atoms with E-state index >= 15 is 0 Å². The first-order valence-corrected chi connectivity index (χ1v) is 9.83. The van der Waals surface area contributed by atoms with Gasteiger partial charge in [0, 0.05) is 49.0 Å². The smallest absolute Gasteiger partial charge is 0.227 e. The van der Waals surface area contributed by atoms with E-state index < -0.39 is 0 Å². The lowest BCUT2D eigenvalue weighted by Gasteiger charge is -2.16. The molecule has 1 fully saturated rings. The zero-order valence-corrected chi connectivity index (χ0v) is 16.5. The molecule has 0 radical (unpaired) electrons. The second kappa shape index (κ2) is 6.84. The minimum atomic E-state index is 0.209. The highest BCUT2D eigenvalue weighted by Crippen LogP contribution is 2.25. The van der Waals surface area contributed by atoms with Crippen LogP contribution in [0.5, 0.6) is 0 Å². The van der Waals surface area contributed by atoms with Gasteiger partial charge in [0.05, 0.1) is 11.8 Å². The van der Waals surface area contributed by atoms with Gasteiger partial charge in [-0.2, -0.15) is 5.10 Å². The largest absolute Gasteiger partial charge is 0.326 e. The molecule has 4 aromatic rings. The molecule has 1 aromatic carbocycles. The molecule has 5 rings (SSSR count). The summed E-state index contributed by atoms with van der Waals surface area (Å²) >= 11 is 0. The Kier molecular flexibility index (Phi) is 4.16. The lowest BCUT2D eigenvalue weighted by molar-refractivity contribution is -0.117. The molecule has 0 bridgehead atoms. The van der Waals surface area contributed by atoms with Crippen LogP contribution in [0.4, 0.5) is 5.69 Å². The molecule has 7 nitrogen and oxygen atoms in total. The first-order valence-electron chi connectivity index (χ1n) is 9.83. The van der Waals surface area contributed by atoms with E-state index in [9.17, 15) is 4.79 Å². The van der Waals surface area contributed by atoms with Crippen molar-refractivity contribution in [1.29, 1.82) is 0 Å². The second-order valence-corrected chi connectivity index (χ2v) is 7.53. The van der Waals surface area contributed by atoms with Crippen LogP contribution in [0.25, 0.3) is 17.0 Å². The number of carbonyl (C=O) groups excluding carboxylic acids is 1. The Bertz CT molecular complexity index is 1200. The van der Waals surface area contributed by atoms with Crippen molar-refractivity contribution in [3.63, 3.8) is 0 Å². The Labute approximate surface area is 168 Å². The van der Waals surface area contributed by atoms with Crippen molar-refractivity contribution < 1.29 is 4.79 Å². The van der Waals surface area contributed by atoms with E-state index in [4.69, 9.17) is 0 Å². The molecule has 1 aliphatic rings. The van der Waals surface area contributed by atoms with Gasteiger partial charge in [-0.3, -0.25) is 4.79 Å². The Morgan fingerprint density at radius 3 is 2.72 bits per heavy atom. The van der Waals surface area contributed by atoms with Gasteiger partial charge in [-0.1, -0.05) is 12.1 Å². The molecule has 0 unspecified atom stereocenters. The van der Waals surface area contributed by atoms with Crippen molar-refractivity contribution in [3.05, 3.63) is 65.9 Å². The number of anilines is 1. The second-order valence-electron chi connectivity index (χ2n) is 7.53. The Morgan fingerprint density at radius 1 is 1.14 bits per heavy atom. The number of hydrogen-bond donors (Lipinski definition) is 0. The van der Waals surface area contributed by atoms with E-state index in [-0.39, 0.29) is 5.91 Å². The normalized spacial score (nSPS) is 14.3. The molecule has 1 saturated heterocycles. The maximum Gasteiger partial charge on any atom is 0.227 e. The Morgan fingerprint density at radius 2 is 1.97 bits per heavy atom. The van der Waals surface area contributed by atoms with Gasteiger partial charge in [0.25, 0.3) is 0 Å². The molecule has 0 atom stereocenters. The molecule has 146 valence electrons. The number of aromatic nitrogens is 5. The molecule has 0 aliphatic carbocycles. The van der Waals surface area contributed by atoms with Crippen molar-refractivity contribution in [2.45, 2.75) is 33.2 Å². The maximum atomic E-state index is 11.9. The van der Waals surface area contributed by atoms with Crippen LogP contribution in [-0.2, 0) is 11.3 Å². The molecule has 29 heavy (non-hydrogen) atoms. The molecule has 4 heterocycles. The van der Waals surface area contributed by atoms with Gasteiger partial charge in [0.2, 0.25) is 5.91 Å². The number of aryl methyl sites for hydroxylation is 2. The standard InChI is InChI=1S/C22H22N6O/c1-15-12-16(2)28-22(25-15)19(13-24-28)21-23-9-11-26(21)14-17-5-7-18(8-6-17)27-10-3-4-20(27)29/h5-9,11-13H,3-4,10,14H2,1-2H3. The number of nitrogens with zero attached hydrogens (tertiary/aromatic N) is 6. The summed E-state index contributed by atoms with van der Waals surface area (Å²) in [6.07, 6.45) is 7.19. The van der Waals surface area contributed by atoms with Gasteiger partial charge >= 0.3 is 0 Å². The fourth-order valence-corrected chi connectivity index (χ4v) is 4.01. The summed E-state index contributed by atoms with van der Waals surface area (Å²) in [5.41, 5.74) is 5.86. The fraction of sp³-hybridized carbons (Fsp3) is 0.273. The molecule has 0 spiro atoms. The molecule has 3 aromatic heterocycles. The summed E-state index contributed by atoms with van der Waals surface area (Å²) in [7, 11) is 0. The van der Waals surface area contributed by atoms with Crippen LogP contribution in [0.1, 0.15) is 29.8 Å². The maximum absolute atomic E-state index is 11.9. The van der Waals surface area contributed by atoms with Crippen LogP contribution in [0.15, 0.2) is 48.9 Å². The van der Waals surface area contributed by atoms with Crippen LogP contribution < -0.4 is 4.90 Å². The van der Waals surface area contributed by atoms with Crippen molar-refractivity contribution >= 4 is 17.2 Å². The minimum Gasteiger partial charge on any atom is -0.326 e. The summed E-state index contributed by atoms with van der Waals surface area (Å²) in [6, 6.07) is 10.2. The third-order valence-corrected chi connectivity index (χ3v) is 5.41. The molecule has 1 aliphatic heterocycles. The molecular weight excluding hydrogens is 364 g/mol. The predicted octanol–water partition coefficient (Wildman–Crippen LogP) is 3.38. The van der Waals surface area contributed by atoms with Crippen LogP contribution in [-0.4, -0.2) is 36.6 Å². The van der Waals surface area contributed by atoms with Crippen LogP contribution in [0.3, 0.4) is 0 Å². The van der Waals surface area contributed by atoms with Gasteiger partial charge in [-0.15, -0.1) is 0 Å². The third kappa shape index (κ3) is 3.08. The number of fused-ring (bicyclic) bond motifs is 1. The third-order valence-electron chi connectivity index (χ3n) is 5.41. The topological polar surface area (TPSA) is 68.3 Å². The van der Waals surface area contributed by atoms with E-state index in [1.165, 1.54) is 0 Å². The van der Waals surface area contributed by atoms with Crippen LogP contribution >= 0.6 is 0 Å². The van der Waals surface area contributed by atoms with E-state index in [0.29, 0.717) is 13.0 Å². The quantitative estimate of drug-likeness (QED) is 0.539. The fourth-order valence-electron chi connectivity index (χ4n) is 4.01. The monoisotopic (exact) mass is 386 g/mol. The highest BCUT2D eigenvalue weighted by molar-refractivity contribution is 5.95. The lowest BCUT2D eigenvalue weighted by Crippen LogP contribution is -2.23. The summed E-state index contributed by atoms with van der Waals surface area (Å²) < 4.78 is 3.95. The van der Waals surface area contributed by atoms with E-state index in [0.717, 1.165) is 52.6 Å². The molecule has 0 saturated carbocycles. The van der Waals surface area contributed by atoms with E-state index in [1.54, 1.807) is 6.20 Å². The summed E-state index contributed by atoms with van der Waals surface area (Å²) in [5, 5.41) is 4.49. The van der Waals surface area contributed by atoms with Crippen molar-refractivity contribution in [2.75, 3.05) is 11.4 Å². The van der Waals surface area contributed by atoms with Gasteiger partial charge in [-0.05, 0) is 44.0 Å². The SMILES string of the molecule is Cc1cc(C)n2ncc(-c3nccn3Cc3ccc(N4CCCC4=O)cc3)c2n1. The van der Waals surface area contributed by atoms with E-state index in [2.05, 4.69) is 31.8 Å². The highest BCUT2D eigenvalue weighted by Gasteiger charge is 2.21. The van der Waals surface area contributed by atoms with Gasteiger partial charge in [-0.25, -0.2) is 14.5 Å². The number of hydrogen-bond acceptors (Lipinski definition) is 4. The van der Waals surface area contributed by atoms with Gasteiger partial charge in [0.1, 0.15) is 5.82 Å². The zero-order chi connectivity index (χ0) is 20.0. The first kappa shape index (κ1) is 17.6. The molecular formula is C22H22N6O. The van der Waals surface area contributed by atoms with Crippen molar-refractivity contribution in [1.82, 2.24) is 24.1 Å². The first-order chi connectivity index (χ1) is 14.1. The van der Waals surface area contributed by atoms with Crippen LogP contribution in [0.2, 0.25) is 0 Å². The van der Waals surface area contributed by atoms with Crippen molar-refractivity contribution in [2.24, 2.45) is 0 Å². The van der Waals surface area contributed by atoms with Gasteiger partial charge < -0.3 is 9.47 Å². The summed E-state index contributed by atoms with van der Waals surface area (Å²) in [6.45, 7) is 5.51. The predicted molar refractivity (Wildman–Crippen MR) is 111 cm³/mol. The average molecular weight is 386 g/mol. The number of amides is 1. The number of benzene rings is 1. The number of carbonyl (C=O) groups is 1. The Hall–Kier alpha value is -3.48. The zero-order valence-electron chi connectivity index (χ0n) is 16.5. The van der Waals surface area contributed by atoms with Crippen molar-refractivity contribution in [3.8, 4) is 11.4 Å². The lowest BCUT2D eigenvalue weighted by atomic mass is 10.2. The molecule has 0 N–H and O–H groups in total. The summed E-state index contributed by atoms with van der Waals surface area (Å²) in [4.78, 5) is 23.1. The summed E-state index contributed by atoms with van der Waals surface area (Å²) in [5.74, 6) is 1.05. The Balaban J connectivity index is 1.45. The number of imidazole rings is 1. The molecule has 1 amide bonds. The van der Waals surface area contributed by atoms with Crippen LogP contribution in [0, 0.1) is 13.8 Å². The van der Waals surface area contributed by atoms with E-state index in [1.807, 2.05) is 53.9 Å². The average Bonchev–Trinajstić information content (AvgIpc) is 3.42. The van der Waals surface area contributed by atoms with Gasteiger partial charge in [0.15, 0.2) is 5.65 Å². The minimum absolute atomic E-state index is 0.209. The number of rotatable bonds is 4.